The molecule has 1 fully saturated rings. The molecular formula is C15H19NO4. The number of nitrogens with zero attached hydrogens (tertiary/aromatic N) is 1. The van der Waals surface area contributed by atoms with Gasteiger partial charge in [0, 0.05) is 5.56 Å². The third-order valence-electron chi connectivity index (χ3n) is 3.51. The molecule has 0 aliphatic carbocycles. The molecule has 1 saturated heterocycles. The number of carbonyl (C=O) groups is 2. The van der Waals surface area contributed by atoms with Gasteiger partial charge in [-0.2, -0.15) is 0 Å². The zero-order valence-electron chi connectivity index (χ0n) is 12.0. The van der Waals surface area contributed by atoms with Crippen molar-refractivity contribution in [3.8, 4) is 0 Å². The molecule has 1 N–H and O–H groups in total. The van der Waals surface area contributed by atoms with E-state index in [0.29, 0.717) is 18.7 Å². The minimum absolute atomic E-state index is 0.0254. The van der Waals surface area contributed by atoms with Gasteiger partial charge in [0.1, 0.15) is 12.2 Å². The van der Waals surface area contributed by atoms with Gasteiger partial charge in [0.15, 0.2) is 0 Å². The number of benzene rings is 1. The Hall–Kier alpha value is -1.88. The van der Waals surface area contributed by atoms with Crippen molar-refractivity contribution in [3.05, 3.63) is 34.9 Å². The number of aryl methyl sites for hydroxylation is 2. The molecule has 1 aliphatic rings. The highest BCUT2D eigenvalue weighted by Crippen LogP contribution is 2.27. The van der Waals surface area contributed by atoms with Gasteiger partial charge in [0.05, 0.1) is 13.1 Å². The number of carbonyl (C=O) groups excluding carboxylic acids is 1. The first-order valence-electron chi connectivity index (χ1n) is 6.53. The molecule has 1 amide bonds. The van der Waals surface area contributed by atoms with Crippen LogP contribution in [0.4, 0.5) is 0 Å². The molecule has 1 heterocycles. The van der Waals surface area contributed by atoms with Crippen molar-refractivity contribution in [2.24, 2.45) is 0 Å². The van der Waals surface area contributed by atoms with Gasteiger partial charge in [-0.15, -0.1) is 0 Å². The van der Waals surface area contributed by atoms with Gasteiger partial charge in [-0.1, -0.05) is 17.7 Å². The zero-order chi connectivity index (χ0) is 14.9. The second kappa shape index (κ2) is 5.25. The van der Waals surface area contributed by atoms with E-state index in [1.807, 2.05) is 39.0 Å². The van der Waals surface area contributed by atoms with E-state index in [0.717, 1.165) is 11.1 Å². The van der Waals surface area contributed by atoms with Gasteiger partial charge in [-0.3, -0.25) is 4.79 Å². The summed E-state index contributed by atoms with van der Waals surface area (Å²) in [6.07, 6.45) is 0. The zero-order valence-corrected chi connectivity index (χ0v) is 12.0. The molecule has 2 rings (SSSR count). The molecule has 0 atom stereocenters. The number of amides is 1. The van der Waals surface area contributed by atoms with Crippen LogP contribution in [0.15, 0.2) is 18.2 Å². The molecule has 5 nitrogen and oxygen atoms in total. The largest absolute Gasteiger partial charge is 0.480 e. The van der Waals surface area contributed by atoms with Gasteiger partial charge in [-0.05, 0) is 32.4 Å². The molecule has 1 aromatic carbocycles. The van der Waals surface area contributed by atoms with Crippen LogP contribution in [-0.2, 0) is 9.53 Å². The smallest absolute Gasteiger partial charge is 0.329 e. The van der Waals surface area contributed by atoms with E-state index in [2.05, 4.69) is 0 Å². The Kier molecular flexibility index (Phi) is 3.81. The molecule has 0 unspecified atom stereocenters. The van der Waals surface area contributed by atoms with E-state index in [1.165, 1.54) is 0 Å². The Balaban J connectivity index is 2.00. The molecular weight excluding hydrogens is 258 g/mol. The highest BCUT2D eigenvalue weighted by Gasteiger charge is 2.43. The van der Waals surface area contributed by atoms with Gasteiger partial charge in [0.2, 0.25) is 0 Å². The number of carboxylic acid groups (broad SMARTS) is 1. The average molecular weight is 277 g/mol. The van der Waals surface area contributed by atoms with Crippen LogP contribution in [0.25, 0.3) is 0 Å². The first kappa shape index (κ1) is 14.5. The van der Waals surface area contributed by atoms with Crippen molar-refractivity contribution in [1.82, 2.24) is 4.90 Å². The Labute approximate surface area is 118 Å². The van der Waals surface area contributed by atoms with E-state index < -0.39 is 11.6 Å². The van der Waals surface area contributed by atoms with E-state index in [9.17, 15) is 9.59 Å². The van der Waals surface area contributed by atoms with Crippen LogP contribution in [0.5, 0.6) is 0 Å². The number of likely N-dealkylation sites (tertiary alicyclic amines) is 1. The lowest BCUT2D eigenvalue weighted by molar-refractivity contribution is -0.159. The third kappa shape index (κ3) is 2.99. The molecule has 0 spiro atoms. The number of hydrogen-bond acceptors (Lipinski definition) is 3. The summed E-state index contributed by atoms with van der Waals surface area (Å²) in [6.45, 7) is 6.20. The van der Waals surface area contributed by atoms with Crippen LogP contribution in [0.2, 0.25) is 0 Å². The van der Waals surface area contributed by atoms with Crippen molar-refractivity contribution in [2.45, 2.75) is 26.4 Å². The number of ether oxygens (including phenoxy) is 1. The molecule has 0 saturated carbocycles. The van der Waals surface area contributed by atoms with Crippen LogP contribution >= 0.6 is 0 Å². The standard InChI is InChI=1S/C15H19NO4/c1-10-4-5-11(2)12(6-10)14(19)16-8-15(3,9-16)20-7-13(17)18/h4-6H,7-9H2,1-3H3,(H,17,18). The lowest BCUT2D eigenvalue weighted by Crippen LogP contribution is -2.63. The van der Waals surface area contributed by atoms with Crippen molar-refractivity contribution >= 4 is 11.9 Å². The first-order chi connectivity index (χ1) is 9.31. The predicted molar refractivity (Wildman–Crippen MR) is 73.8 cm³/mol. The Bertz CT molecular complexity index is 547. The van der Waals surface area contributed by atoms with Crippen molar-refractivity contribution in [1.29, 1.82) is 0 Å². The Morgan fingerprint density at radius 1 is 1.35 bits per heavy atom. The molecule has 108 valence electrons. The van der Waals surface area contributed by atoms with Crippen molar-refractivity contribution in [3.63, 3.8) is 0 Å². The fourth-order valence-corrected chi connectivity index (χ4v) is 2.37. The fraction of sp³-hybridized carbons (Fsp3) is 0.467. The van der Waals surface area contributed by atoms with Crippen molar-refractivity contribution < 1.29 is 19.4 Å². The van der Waals surface area contributed by atoms with Crippen molar-refractivity contribution in [2.75, 3.05) is 19.7 Å². The summed E-state index contributed by atoms with van der Waals surface area (Å²) in [5.41, 5.74) is 2.14. The monoisotopic (exact) mass is 277 g/mol. The van der Waals surface area contributed by atoms with E-state index >= 15 is 0 Å². The van der Waals surface area contributed by atoms with Crippen LogP contribution < -0.4 is 0 Å². The lowest BCUT2D eigenvalue weighted by atomic mass is 9.94. The summed E-state index contributed by atoms with van der Waals surface area (Å²) < 4.78 is 5.30. The summed E-state index contributed by atoms with van der Waals surface area (Å²) >= 11 is 0. The lowest BCUT2D eigenvalue weighted by Gasteiger charge is -2.47. The predicted octanol–water partition coefficient (Wildman–Crippen LogP) is 1.62. The summed E-state index contributed by atoms with van der Waals surface area (Å²) in [6, 6.07) is 5.79. The maximum absolute atomic E-state index is 12.4. The topological polar surface area (TPSA) is 66.8 Å². The minimum atomic E-state index is -0.995. The molecule has 0 aromatic heterocycles. The number of aliphatic carboxylic acids is 1. The second-order valence-electron chi connectivity index (χ2n) is 5.61. The van der Waals surface area contributed by atoms with Crippen LogP contribution in [0.3, 0.4) is 0 Å². The quantitative estimate of drug-likeness (QED) is 0.908. The normalized spacial score (nSPS) is 16.6. The third-order valence-corrected chi connectivity index (χ3v) is 3.51. The van der Waals surface area contributed by atoms with Gasteiger partial charge in [-0.25, -0.2) is 4.79 Å². The van der Waals surface area contributed by atoms with Gasteiger partial charge >= 0.3 is 5.97 Å². The Morgan fingerprint density at radius 2 is 2.00 bits per heavy atom. The summed E-state index contributed by atoms with van der Waals surface area (Å²) in [7, 11) is 0. The van der Waals surface area contributed by atoms with Gasteiger partial charge < -0.3 is 14.7 Å². The minimum Gasteiger partial charge on any atom is -0.480 e. The highest BCUT2D eigenvalue weighted by atomic mass is 16.5. The number of carboxylic acids is 1. The molecule has 1 aromatic rings. The number of hydrogen-bond donors (Lipinski definition) is 1. The second-order valence-corrected chi connectivity index (χ2v) is 5.61. The SMILES string of the molecule is Cc1ccc(C)c(C(=O)N2CC(C)(OCC(=O)O)C2)c1. The highest BCUT2D eigenvalue weighted by molar-refractivity contribution is 5.96. The molecule has 0 bridgehead atoms. The van der Waals surface area contributed by atoms with Crippen LogP contribution in [0.1, 0.15) is 28.4 Å². The molecule has 1 aliphatic heterocycles. The van der Waals surface area contributed by atoms with E-state index in [4.69, 9.17) is 9.84 Å². The summed E-state index contributed by atoms with van der Waals surface area (Å²) in [5, 5.41) is 8.61. The maximum atomic E-state index is 12.4. The molecule has 5 heteroatoms. The first-order valence-corrected chi connectivity index (χ1v) is 6.53. The fourth-order valence-electron chi connectivity index (χ4n) is 2.37. The summed E-state index contributed by atoms with van der Waals surface area (Å²) in [5.74, 6) is -1.02. The molecule has 0 radical (unpaired) electrons. The number of rotatable bonds is 4. The van der Waals surface area contributed by atoms with E-state index in [1.54, 1.807) is 4.90 Å². The summed E-state index contributed by atoms with van der Waals surface area (Å²) in [4.78, 5) is 24.6. The van der Waals surface area contributed by atoms with Crippen LogP contribution in [0, 0.1) is 13.8 Å². The van der Waals surface area contributed by atoms with E-state index in [-0.39, 0.29) is 12.5 Å². The van der Waals surface area contributed by atoms with Gasteiger partial charge in [0.25, 0.3) is 5.91 Å². The average Bonchev–Trinajstić information content (AvgIpc) is 2.35. The maximum Gasteiger partial charge on any atom is 0.329 e. The Morgan fingerprint density at radius 3 is 2.60 bits per heavy atom. The molecule has 20 heavy (non-hydrogen) atoms. The van der Waals surface area contributed by atoms with Crippen LogP contribution in [-0.4, -0.2) is 47.2 Å².